The highest BCUT2D eigenvalue weighted by atomic mass is 16.5. The molecule has 1 aliphatic rings. The van der Waals surface area contributed by atoms with Gasteiger partial charge in [-0.2, -0.15) is 0 Å². The first-order valence-corrected chi connectivity index (χ1v) is 7.18. The molecule has 2 heteroatoms. The van der Waals surface area contributed by atoms with Crippen molar-refractivity contribution < 1.29 is 4.74 Å². The SMILES string of the molecule is CCNC(CCC1Cc2ccccc2O1)C(C)C. The zero-order valence-electron chi connectivity index (χ0n) is 11.8. The molecule has 0 bridgehead atoms. The number of ether oxygens (including phenoxy) is 1. The molecule has 0 saturated heterocycles. The molecule has 0 aliphatic carbocycles. The molecule has 1 N–H and O–H groups in total. The summed E-state index contributed by atoms with van der Waals surface area (Å²) in [4.78, 5) is 0. The number of benzene rings is 1. The Morgan fingerprint density at radius 1 is 1.33 bits per heavy atom. The Bertz CT molecular complexity index is 350. The van der Waals surface area contributed by atoms with Gasteiger partial charge in [0, 0.05) is 12.5 Å². The standard InChI is InChI=1S/C16H25NO/c1-4-17-15(12(2)3)10-9-14-11-13-7-5-6-8-16(13)18-14/h5-8,12,14-15,17H,4,9-11H2,1-3H3. The van der Waals surface area contributed by atoms with E-state index in [1.165, 1.54) is 12.0 Å². The molecule has 0 aromatic heterocycles. The minimum Gasteiger partial charge on any atom is -0.490 e. The average Bonchev–Trinajstić information content (AvgIpc) is 2.76. The summed E-state index contributed by atoms with van der Waals surface area (Å²) < 4.78 is 5.99. The van der Waals surface area contributed by atoms with Crippen molar-refractivity contribution in [3.63, 3.8) is 0 Å². The van der Waals surface area contributed by atoms with Crippen LogP contribution in [0.4, 0.5) is 0 Å². The van der Waals surface area contributed by atoms with E-state index in [0.29, 0.717) is 18.1 Å². The second-order valence-electron chi connectivity index (χ2n) is 5.54. The number of rotatable bonds is 6. The molecule has 0 amide bonds. The van der Waals surface area contributed by atoms with E-state index in [1.807, 2.05) is 0 Å². The number of hydrogen-bond donors (Lipinski definition) is 1. The third-order valence-corrected chi connectivity index (χ3v) is 3.78. The first-order valence-electron chi connectivity index (χ1n) is 7.18. The van der Waals surface area contributed by atoms with Gasteiger partial charge in [-0.15, -0.1) is 0 Å². The Balaban J connectivity index is 1.82. The fraction of sp³-hybridized carbons (Fsp3) is 0.625. The van der Waals surface area contributed by atoms with Gasteiger partial charge in [0.05, 0.1) is 0 Å². The van der Waals surface area contributed by atoms with Gasteiger partial charge in [-0.05, 0) is 36.9 Å². The van der Waals surface area contributed by atoms with Crippen LogP contribution in [0.2, 0.25) is 0 Å². The van der Waals surface area contributed by atoms with Gasteiger partial charge in [-0.1, -0.05) is 39.0 Å². The highest BCUT2D eigenvalue weighted by Gasteiger charge is 2.23. The van der Waals surface area contributed by atoms with Gasteiger partial charge in [0.2, 0.25) is 0 Å². The molecule has 100 valence electrons. The lowest BCUT2D eigenvalue weighted by Gasteiger charge is -2.23. The van der Waals surface area contributed by atoms with Crippen LogP contribution < -0.4 is 10.1 Å². The van der Waals surface area contributed by atoms with E-state index in [9.17, 15) is 0 Å². The quantitative estimate of drug-likeness (QED) is 0.832. The molecule has 1 aromatic carbocycles. The molecule has 1 aliphatic heterocycles. The van der Waals surface area contributed by atoms with Gasteiger partial charge < -0.3 is 10.1 Å². The summed E-state index contributed by atoms with van der Waals surface area (Å²) >= 11 is 0. The Hall–Kier alpha value is -1.02. The second kappa shape index (κ2) is 6.24. The predicted octanol–water partition coefficient (Wildman–Crippen LogP) is 3.40. The predicted molar refractivity (Wildman–Crippen MR) is 76.1 cm³/mol. The van der Waals surface area contributed by atoms with Crippen LogP contribution in [0.25, 0.3) is 0 Å². The maximum Gasteiger partial charge on any atom is 0.123 e. The first-order chi connectivity index (χ1) is 8.70. The summed E-state index contributed by atoms with van der Waals surface area (Å²) in [5, 5.41) is 3.57. The molecule has 1 heterocycles. The topological polar surface area (TPSA) is 21.3 Å². The Kier molecular flexibility index (Phi) is 4.65. The van der Waals surface area contributed by atoms with Gasteiger partial charge in [-0.25, -0.2) is 0 Å². The minimum atomic E-state index is 0.377. The van der Waals surface area contributed by atoms with Crippen LogP contribution in [-0.4, -0.2) is 18.7 Å². The maximum atomic E-state index is 5.99. The van der Waals surface area contributed by atoms with E-state index < -0.39 is 0 Å². The minimum absolute atomic E-state index is 0.377. The molecule has 0 fully saturated rings. The van der Waals surface area contributed by atoms with Crippen LogP contribution in [0.3, 0.4) is 0 Å². The third kappa shape index (κ3) is 3.26. The van der Waals surface area contributed by atoms with Gasteiger partial charge >= 0.3 is 0 Å². The van der Waals surface area contributed by atoms with Crippen molar-refractivity contribution in [2.75, 3.05) is 6.54 Å². The molecular formula is C16H25NO. The lowest BCUT2D eigenvalue weighted by Crippen LogP contribution is -2.34. The maximum absolute atomic E-state index is 5.99. The van der Waals surface area contributed by atoms with E-state index in [2.05, 4.69) is 50.4 Å². The van der Waals surface area contributed by atoms with Gasteiger partial charge in [0.25, 0.3) is 0 Å². The molecule has 2 atom stereocenters. The van der Waals surface area contributed by atoms with Crippen LogP contribution in [-0.2, 0) is 6.42 Å². The van der Waals surface area contributed by atoms with Gasteiger partial charge in [-0.3, -0.25) is 0 Å². The van der Waals surface area contributed by atoms with Crippen molar-refractivity contribution in [3.8, 4) is 5.75 Å². The van der Waals surface area contributed by atoms with Crippen LogP contribution in [0.5, 0.6) is 5.75 Å². The largest absolute Gasteiger partial charge is 0.490 e. The van der Waals surface area contributed by atoms with Crippen molar-refractivity contribution in [2.45, 2.75) is 52.2 Å². The molecule has 2 nitrogen and oxygen atoms in total. The monoisotopic (exact) mass is 247 g/mol. The Labute approximate surface area is 111 Å². The summed E-state index contributed by atoms with van der Waals surface area (Å²) in [6.45, 7) is 7.81. The number of nitrogens with one attached hydrogen (secondary N) is 1. The average molecular weight is 247 g/mol. The molecule has 2 rings (SSSR count). The lowest BCUT2D eigenvalue weighted by atomic mass is 9.96. The van der Waals surface area contributed by atoms with Crippen molar-refractivity contribution in [1.82, 2.24) is 5.32 Å². The summed E-state index contributed by atoms with van der Waals surface area (Å²) in [7, 11) is 0. The first kappa shape index (κ1) is 13.4. The molecule has 0 radical (unpaired) electrons. The van der Waals surface area contributed by atoms with E-state index >= 15 is 0 Å². The van der Waals surface area contributed by atoms with Gasteiger partial charge in [0.15, 0.2) is 0 Å². The molecule has 18 heavy (non-hydrogen) atoms. The van der Waals surface area contributed by atoms with Crippen molar-refractivity contribution >= 4 is 0 Å². The normalized spacial score (nSPS) is 19.7. The number of para-hydroxylation sites is 1. The molecule has 0 spiro atoms. The summed E-state index contributed by atoms with van der Waals surface area (Å²) in [5.74, 6) is 1.78. The number of hydrogen-bond acceptors (Lipinski definition) is 2. The smallest absolute Gasteiger partial charge is 0.123 e. The summed E-state index contributed by atoms with van der Waals surface area (Å²) in [5.41, 5.74) is 1.37. The van der Waals surface area contributed by atoms with E-state index in [0.717, 1.165) is 25.1 Å². The molecule has 1 aromatic rings. The van der Waals surface area contributed by atoms with E-state index in [1.54, 1.807) is 0 Å². The van der Waals surface area contributed by atoms with E-state index in [4.69, 9.17) is 4.74 Å². The summed E-state index contributed by atoms with van der Waals surface area (Å²) in [6.07, 6.45) is 3.80. The fourth-order valence-electron chi connectivity index (χ4n) is 2.71. The zero-order chi connectivity index (χ0) is 13.0. The molecule has 0 saturated carbocycles. The fourth-order valence-corrected chi connectivity index (χ4v) is 2.71. The van der Waals surface area contributed by atoms with Gasteiger partial charge in [0.1, 0.15) is 11.9 Å². The summed E-state index contributed by atoms with van der Waals surface area (Å²) in [6, 6.07) is 9.03. The van der Waals surface area contributed by atoms with Crippen LogP contribution in [0.15, 0.2) is 24.3 Å². The molecule has 2 unspecified atom stereocenters. The highest BCUT2D eigenvalue weighted by molar-refractivity contribution is 5.37. The van der Waals surface area contributed by atoms with Crippen LogP contribution >= 0.6 is 0 Å². The Morgan fingerprint density at radius 2 is 2.11 bits per heavy atom. The second-order valence-corrected chi connectivity index (χ2v) is 5.54. The number of fused-ring (bicyclic) bond motifs is 1. The lowest BCUT2D eigenvalue weighted by molar-refractivity contribution is 0.205. The third-order valence-electron chi connectivity index (χ3n) is 3.78. The van der Waals surface area contributed by atoms with Crippen molar-refractivity contribution in [1.29, 1.82) is 0 Å². The van der Waals surface area contributed by atoms with Crippen LogP contribution in [0, 0.1) is 5.92 Å². The highest BCUT2D eigenvalue weighted by Crippen LogP contribution is 2.30. The molecular weight excluding hydrogens is 222 g/mol. The van der Waals surface area contributed by atoms with Crippen molar-refractivity contribution in [3.05, 3.63) is 29.8 Å². The Morgan fingerprint density at radius 3 is 2.78 bits per heavy atom. The van der Waals surface area contributed by atoms with Crippen molar-refractivity contribution in [2.24, 2.45) is 5.92 Å². The zero-order valence-corrected chi connectivity index (χ0v) is 11.8. The van der Waals surface area contributed by atoms with E-state index in [-0.39, 0.29) is 0 Å². The van der Waals surface area contributed by atoms with Crippen LogP contribution in [0.1, 0.15) is 39.2 Å².